The quantitative estimate of drug-likeness (QED) is 0.247. The van der Waals surface area contributed by atoms with E-state index in [0.717, 1.165) is 10.5 Å². The number of urea groups is 1. The van der Waals surface area contributed by atoms with Gasteiger partial charge in [0.2, 0.25) is 0 Å². The molecule has 0 aliphatic carbocycles. The van der Waals surface area contributed by atoms with E-state index in [2.05, 4.69) is 26.2 Å². The summed E-state index contributed by atoms with van der Waals surface area (Å²) < 4.78 is 0.527. The summed E-state index contributed by atoms with van der Waals surface area (Å²) in [7, 11) is 0. The number of nitrogens with one attached hydrogen (secondary N) is 1. The number of carbonyl (C=O) groups excluding carboxylic acids is 2. The van der Waals surface area contributed by atoms with Crippen molar-refractivity contribution in [2.45, 2.75) is 18.9 Å². The first-order chi connectivity index (χ1) is 11.4. The predicted octanol–water partition coefficient (Wildman–Crippen LogP) is 1.10. The predicted molar refractivity (Wildman–Crippen MR) is 93.9 cm³/mol. The van der Waals surface area contributed by atoms with Gasteiger partial charge in [0.1, 0.15) is 11.8 Å². The Morgan fingerprint density at radius 1 is 1.42 bits per heavy atom. The topological polar surface area (TPSA) is 134 Å². The van der Waals surface area contributed by atoms with Crippen molar-refractivity contribution < 1.29 is 14.7 Å². The second kappa shape index (κ2) is 7.82. The van der Waals surface area contributed by atoms with E-state index in [1.807, 2.05) is 0 Å². The molecule has 24 heavy (non-hydrogen) atoms. The van der Waals surface area contributed by atoms with Gasteiger partial charge in [0.15, 0.2) is 5.96 Å². The number of amides is 3. The Morgan fingerprint density at radius 3 is 2.83 bits per heavy atom. The van der Waals surface area contributed by atoms with Crippen LogP contribution in [-0.4, -0.2) is 40.5 Å². The number of nitrogens with zero attached hydrogens (tertiary/aromatic N) is 2. The van der Waals surface area contributed by atoms with E-state index in [0.29, 0.717) is 23.9 Å². The Labute approximate surface area is 147 Å². The maximum absolute atomic E-state index is 12.2. The average Bonchev–Trinajstić information content (AvgIpc) is 2.79. The number of phenols is 1. The van der Waals surface area contributed by atoms with E-state index >= 15 is 0 Å². The molecule has 0 saturated carbocycles. The minimum atomic E-state index is -0.581. The van der Waals surface area contributed by atoms with Crippen LogP contribution >= 0.6 is 15.9 Å². The number of nitrogens with two attached hydrogens (primary N) is 2. The van der Waals surface area contributed by atoms with Gasteiger partial charge in [-0.3, -0.25) is 9.79 Å². The number of imide groups is 1. The number of hydrogen-bond donors (Lipinski definition) is 4. The van der Waals surface area contributed by atoms with Crippen LogP contribution in [0.15, 0.2) is 33.9 Å². The van der Waals surface area contributed by atoms with Crippen LogP contribution in [-0.2, 0) is 4.79 Å². The summed E-state index contributed by atoms with van der Waals surface area (Å²) >= 11 is 3.21. The molecule has 128 valence electrons. The minimum absolute atomic E-state index is 0.00130. The summed E-state index contributed by atoms with van der Waals surface area (Å²) in [4.78, 5) is 29.0. The number of benzene rings is 1. The average molecular weight is 396 g/mol. The summed E-state index contributed by atoms with van der Waals surface area (Å²) in [6, 6.07) is 3.81. The Balaban J connectivity index is 1.97. The van der Waals surface area contributed by atoms with Crippen molar-refractivity contribution in [3.8, 4) is 5.75 Å². The first kappa shape index (κ1) is 17.8. The number of rotatable bonds is 6. The van der Waals surface area contributed by atoms with Gasteiger partial charge >= 0.3 is 6.03 Å². The van der Waals surface area contributed by atoms with Gasteiger partial charge in [-0.15, -0.1) is 0 Å². The third-order valence-electron chi connectivity index (χ3n) is 3.39. The first-order valence-electron chi connectivity index (χ1n) is 7.24. The smallest absolute Gasteiger partial charge is 0.328 e. The molecule has 0 bridgehead atoms. The van der Waals surface area contributed by atoms with Gasteiger partial charge in [-0.05, 0) is 52.5 Å². The highest BCUT2D eigenvalue weighted by Crippen LogP contribution is 2.25. The summed E-state index contributed by atoms with van der Waals surface area (Å²) in [5.41, 5.74) is 11.2. The van der Waals surface area contributed by atoms with Crippen LogP contribution < -0.4 is 16.8 Å². The van der Waals surface area contributed by atoms with Gasteiger partial charge in [-0.25, -0.2) is 9.69 Å². The number of aromatic hydroxyl groups is 1. The van der Waals surface area contributed by atoms with Crippen molar-refractivity contribution in [2.75, 3.05) is 6.54 Å². The van der Waals surface area contributed by atoms with Crippen molar-refractivity contribution in [2.24, 2.45) is 16.5 Å². The second-order valence-electron chi connectivity index (χ2n) is 5.19. The third-order valence-corrected chi connectivity index (χ3v) is 4.02. The van der Waals surface area contributed by atoms with Crippen molar-refractivity contribution in [3.05, 3.63) is 34.4 Å². The molecule has 1 heterocycles. The zero-order valence-corrected chi connectivity index (χ0v) is 14.4. The lowest BCUT2D eigenvalue weighted by atomic mass is 10.1. The zero-order chi connectivity index (χ0) is 17.7. The van der Waals surface area contributed by atoms with Crippen LogP contribution in [0.1, 0.15) is 18.4 Å². The van der Waals surface area contributed by atoms with Gasteiger partial charge in [-0.2, -0.15) is 0 Å². The number of hydrogen-bond acceptors (Lipinski definition) is 4. The Bertz CT molecular complexity index is 700. The first-order valence-corrected chi connectivity index (χ1v) is 8.03. The lowest BCUT2D eigenvalue weighted by molar-refractivity contribution is -0.125. The molecule has 1 aliphatic heterocycles. The normalized spacial score (nSPS) is 17.4. The van der Waals surface area contributed by atoms with Crippen molar-refractivity contribution >= 4 is 39.9 Å². The number of aliphatic imine (C=N–C) groups is 1. The molecule has 9 heteroatoms. The van der Waals surface area contributed by atoms with E-state index in [1.165, 1.54) is 12.3 Å². The largest absolute Gasteiger partial charge is 0.507 e. The summed E-state index contributed by atoms with van der Waals surface area (Å²) in [6.07, 6.45) is 4.06. The van der Waals surface area contributed by atoms with Crippen molar-refractivity contribution in [1.29, 1.82) is 0 Å². The number of halogens is 1. The number of phenolic OH excluding ortho intramolecular Hbond substituents is 1. The Kier molecular flexibility index (Phi) is 5.80. The lowest BCUT2D eigenvalue weighted by Gasteiger charge is -2.07. The molecule has 1 aromatic rings. The number of guanidine groups is 1. The maximum Gasteiger partial charge on any atom is 0.328 e. The SMILES string of the molecule is NC(N)=NCCCC1NC(=O)N(/C=C/c2ccc(O)c(Br)c2)C1=O. The molecule has 1 aromatic carbocycles. The monoisotopic (exact) mass is 395 g/mol. The fourth-order valence-electron chi connectivity index (χ4n) is 2.18. The Morgan fingerprint density at radius 2 is 2.17 bits per heavy atom. The molecule has 0 spiro atoms. The van der Waals surface area contributed by atoms with Crippen LogP contribution in [0, 0.1) is 0 Å². The van der Waals surface area contributed by atoms with Crippen molar-refractivity contribution in [3.63, 3.8) is 0 Å². The van der Waals surface area contributed by atoms with Gasteiger partial charge in [-0.1, -0.05) is 6.07 Å². The number of carbonyl (C=O) groups is 2. The second-order valence-corrected chi connectivity index (χ2v) is 6.04. The van der Waals surface area contributed by atoms with Crippen LogP contribution in [0.2, 0.25) is 0 Å². The van der Waals surface area contributed by atoms with Gasteiger partial charge < -0.3 is 21.9 Å². The molecular weight excluding hydrogens is 378 g/mol. The van der Waals surface area contributed by atoms with Crippen molar-refractivity contribution in [1.82, 2.24) is 10.2 Å². The van der Waals surface area contributed by atoms with E-state index in [9.17, 15) is 14.7 Å². The van der Waals surface area contributed by atoms with Gasteiger partial charge in [0.05, 0.1) is 4.47 Å². The fourth-order valence-corrected chi connectivity index (χ4v) is 2.57. The molecule has 1 unspecified atom stereocenters. The molecule has 6 N–H and O–H groups in total. The van der Waals surface area contributed by atoms with E-state index in [1.54, 1.807) is 18.2 Å². The molecule has 1 atom stereocenters. The minimum Gasteiger partial charge on any atom is -0.507 e. The van der Waals surface area contributed by atoms with E-state index in [4.69, 9.17) is 11.5 Å². The van der Waals surface area contributed by atoms with Crippen LogP contribution in [0.3, 0.4) is 0 Å². The van der Waals surface area contributed by atoms with Gasteiger partial charge in [0.25, 0.3) is 5.91 Å². The highest BCUT2D eigenvalue weighted by atomic mass is 79.9. The Hall–Kier alpha value is -2.55. The molecule has 8 nitrogen and oxygen atoms in total. The fraction of sp³-hybridized carbons (Fsp3) is 0.267. The maximum atomic E-state index is 12.2. The third kappa shape index (κ3) is 4.48. The lowest BCUT2D eigenvalue weighted by Crippen LogP contribution is -2.29. The standard InChI is InChI=1S/C15H18BrN5O3/c16-10-8-9(3-4-12(10)22)5-7-21-13(23)11(20-15(21)24)2-1-6-19-14(17)18/h3-5,7-8,11,22H,1-2,6H2,(H,20,24)(H4,17,18,19)/b7-5+. The molecule has 1 aliphatic rings. The molecule has 3 amide bonds. The highest BCUT2D eigenvalue weighted by molar-refractivity contribution is 9.10. The van der Waals surface area contributed by atoms with E-state index in [-0.39, 0.29) is 17.6 Å². The summed E-state index contributed by atoms with van der Waals surface area (Å²) in [6.45, 7) is 0.402. The highest BCUT2D eigenvalue weighted by Gasteiger charge is 2.36. The van der Waals surface area contributed by atoms with E-state index < -0.39 is 12.1 Å². The van der Waals surface area contributed by atoms with Crippen LogP contribution in [0.25, 0.3) is 6.08 Å². The van der Waals surface area contributed by atoms with Crippen LogP contribution in [0.4, 0.5) is 4.79 Å². The van der Waals surface area contributed by atoms with Crippen LogP contribution in [0.5, 0.6) is 5.75 Å². The molecule has 2 rings (SSSR count). The molecule has 1 fully saturated rings. The molecule has 0 aromatic heterocycles. The molecule has 1 saturated heterocycles. The molecular formula is C15H18BrN5O3. The van der Waals surface area contributed by atoms with Gasteiger partial charge in [0, 0.05) is 12.7 Å². The summed E-state index contributed by atoms with van der Waals surface area (Å²) in [5, 5.41) is 12.1. The summed E-state index contributed by atoms with van der Waals surface area (Å²) in [5.74, 6) is -0.205. The zero-order valence-electron chi connectivity index (χ0n) is 12.8. The molecule has 0 radical (unpaired) electrons.